The Balaban J connectivity index is 1.81. The van der Waals surface area contributed by atoms with Crippen LogP contribution in [0.1, 0.15) is 36.5 Å². The Kier molecular flexibility index (Phi) is 9.59. The average Bonchev–Trinajstić information content (AvgIpc) is 2.86. The molecule has 5 nitrogen and oxygen atoms in total. The first-order valence-electron chi connectivity index (χ1n) is 11.6. The fraction of sp³-hybridized carbons (Fsp3) is 0.276. The van der Waals surface area contributed by atoms with Gasteiger partial charge in [-0.25, -0.2) is 4.79 Å². The third-order valence-electron chi connectivity index (χ3n) is 5.53. The molecule has 3 aromatic rings. The molecule has 178 valence electrons. The molecular weight excluding hydrogens is 428 g/mol. The highest BCUT2D eigenvalue weighted by atomic mass is 16.5. The number of carbonyl (C=O) groups is 1. The number of hydrogen-bond donors (Lipinski definition) is 2. The fourth-order valence-corrected chi connectivity index (χ4v) is 3.98. The van der Waals surface area contributed by atoms with Crippen LogP contribution in [0.15, 0.2) is 103 Å². The molecule has 0 aliphatic heterocycles. The van der Waals surface area contributed by atoms with Crippen molar-refractivity contribution in [2.45, 2.75) is 37.6 Å². The summed E-state index contributed by atoms with van der Waals surface area (Å²) in [6, 6.07) is 29.8. The van der Waals surface area contributed by atoms with Crippen LogP contribution in [-0.2, 0) is 19.9 Å². The first-order valence-corrected chi connectivity index (χ1v) is 11.6. The molecule has 0 saturated carbocycles. The van der Waals surface area contributed by atoms with Gasteiger partial charge >= 0.3 is 5.97 Å². The van der Waals surface area contributed by atoms with Crippen LogP contribution in [0.2, 0.25) is 0 Å². The fourth-order valence-electron chi connectivity index (χ4n) is 3.98. The molecule has 5 heteroatoms. The van der Waals surface area contributed by atoms with Gasteiger partial charge < -0.3 is 19.7 Å². The summed E-state index contributed by atoms with van der Waals surface area (Å²) in [6.07, 6.45) is 1.48. The number of carbonyl (C=O) groups excluding carboxylic acids is 1. The van der Waals surface area contributed by atoms with E-state index in [9.17, 15) is 15.0 Å². The molecule has 34 heavy (non-hydrogen) atoms. The van der Waals surface area contributed by atoms with E-state index < -0.39 is 23.8 Å². The van der Waals surface area contributed by atoms with E-state index in [1.807, 2.05) is 91.0 Å². The van der Waals surface area contributed by atoms with Gasteiger partial charge in [0, 0.05) is 12.5 Å². The van der Waals surface area contributed by atoms with Crippen LogP contribution >= 0.6 is 0 Å². The van der Waals surface area contributed by atoms with Crippen LogP contribution in [0.3, 0.4) is 0 Å². The van der Waals surface area contributed by atoms with Crippen molar-refractivity contribution >= 4 is 5.97 Å². The van der Waals surface area contributed by atoms with Crippen LogP contribution in [0.25, 0.3) is 0 Å². The molecule has 0 aliphatic rings. The third-order valence-corrected chi connectivity index (χ3v) is 5.53. The van der Waals surface area contributed by atoms with Crippen molar-refractivity contribution in [1.82, 2.24) is 0 Å². The van der Waals surface area contributed by atoms with Crippen molar-refractivity contribution in [2.24, 2.45) is 0 Å². The lowest BCUT2D eigenvalue weighted by Crippen LogP contribution is -2.36. The van der Waals surface area contributed by atoms with Crippen LogP contribution in [-0.4, -0.2) is 41.6 Å². The molecule has 2 N–H and O–H groups in total. The van der Waals surface area contributed by atoms with Crippen LogP contribution in [0.4, 0.5) is 0 Å². The summed E-state index contributed by atoms with van der Waals surface area (Å²) in [5.74, 6) is -0.447. The quantitative estimate of drug-likeness (QED) is 0.234. The summed E-state index contributed by atoms with van der Waals surface area (Å²) in [6.45, 7) is 2.04. The van der Waals surface area contributed by atoms with E-state index in [1.54, 1.807) is 13.0 Å². The molecular formula is C29H32O5. The normalized spacial score (nSPS) is 13.5. The smallest absolute Gasteiger partial charge is 0.330 e. The van der Waals surface area contributed by atoms with E-state index in [4.69, 9.17) is 9.47 Å². The highest BCUT2D eigenvalue weighted by Gasteiger charge is 2.38. The monoisotopic (exact) mass is 460 g/mol. The Morgan fingerprint density at radius 2 is 1.29 bits per heavy atom. The molecule has 0 radical (unpaired) electrons. The van der Waals surface area contributed by atoms with Gasteiger partial charge in [-0.05, 0) is 30.0 Å². The van der Waals surface area contributed by atoms with Gasteiger partial charge in [-0.15, -0.1) is 0 Å². The summed E-state index contributed by atoms with van der Waals surface area (Å²) in [5.41, 5.74) is 1.90. The molecule has 3 rings (SSSR count). The van der Waals surface area contributed by atoms with E-state index in [1.165, 1.54) is 6.08 Å². The van der Waals surface area contributed by atoms with Crippen molar-refractivity contribution in [3.8, 4) is 0 Å². The second-order valence-corrected chi connectivity index (χ2v) is 8.02. The van der Waals surface area contributed by atoms with Crippen LogP contribution in [0.5, 0.6) is 0 Å². The standard InChI is InChI=1S/C29H32O5/c1-2-33-28(32)20-12-19-26(30)21-27(31)22-34-29(23-13-6-3-7-14-23,24-15-8-4-9-16-24)25-17-10-5-11-18-25/h3-18,20,26-27,30-31H,2,19,21-22H2,1H3/b20-12+/t26-,27+/m0/s1. The lowest BCUT2D eigenvalue weighted by atomic mass is 9.80. The molecule has 0 heterocycles. The minimum atomic E-state index is -0.931. The molecule has 0 spiro atoms. The predicted octanol–water partition coefficient (Wildman–Crippen LogP) is 4.62. The summed E-state index contributed by atoms with van der Waals surface area (Å²) >= 11 is 0. The molecule has 0 aromatic heterocycles. The first kappa shape index (κ1) is 25.4. The number of aliphatic hydroxyl groups is 2. The summed E-state index contributed by atoms with van der Waals surface area (Å²) in [7, 11) is 0. The van der Waals surface area contributed by atoms with Gasteiger partial charge in [0.2, 0.25) is 0 Å². The molecule has 0 bridgehead atoms. The number of aliphatic hydroxyl groups excluding tert-OH is 2. The first-order chi connectivity index (χ1) is 16.6. The third kappa shape index (κ3) is 6.64. The van der Waals surface area contributed by atoms with Gasteiger partial charge in [0.15, 0.2) is 0 Å². The van der Waals surface area contributed by atoms with Gasteiger partial charge in [-0.3, -0.25) is 0 Å². The molecule has 0 fully saturated rings. The van der Waals surface area contributed by atoms with Crippen LogP contribution < -0.4 is 0 Å². The van der Waals surface area contributed by atoms with Crippen molar-refractivity contribution in [3.05, 3.63) is 120 Å². The van der Waals surface area contributed by atoms with Gasteiger partial charge in [-0.1, -0.05) is 97.1 Å². The number of benzene rings is 3. The Morgan fingerprint density at radius 3 is 1.74 bits per heavy atom. The Hall–Kier alpha value is -3.25. The minimum absolute atomic E-state index is 0.0112. The van der Waals surface area contributed by atoms with E-state index in [0.717, 1.165) is 16.7 Å². The maximum atomic E-state index is 11.4. The molecule has 0 unspecified atom stereocenters. The zero-order chi connectivity index (χ0) is 24.2. The largest absolute Gasteiger partial charge is 0.463 e. The molecule has 0 amide bonds. The second kappa shape index (κ2) is 12.8. The van der Waals surface area contributed by atoms with Crippen molar-refractivity contribution in [3.63, 3.8) is 0 Å². The summed E-state index contributed by atoms with van der Waals surface area (Å²) in [4.78, 5) is 11.4. The van der Waals surface area contributed by atoms with E-state index in [0.29, 0.717) is 6.61 Å². The zero-order valence-corrected chi connectivity index (χ0v) is 19.4. The van der Waals surface area contributed by atoms with E-state index >= 15 is 0 Å². The topological polar surface area (TPSA) is 76.0 Å². The highest BCUT2D eigenvalue weighted by molar-refractivity contribution is 5.81. The molecule has 0 aliphatic carbocycles. The lowest BCUT2D eigenvalue weighted by molar-refractivity contribution is -0.137. The SMILES string of the molecule is CCOC(=O)/C=C/C[C@H](O)C[C@@H](O)COC(c1ccccc1)(c1ccccc1)c1ccccc1. The van der Waals surface area contributed by atoms with Crippen molar-refractivity contribution in [1.29, 1.82) is 0 Å². The van der Waals surface area contributed by atoms with Crippen molar-refractivity contribution < 1.29 is 24.5 Å². The second-order valence-electron chi connectivity index (χ2n) is 8.02. The van der Waals surface area contributed by atoms with Crippen molar-refractivity contribution in [2.75, 3.05) is 13.2 Å². The lowest BCUT2D eigenvalue weighted by Gasteiger charge is -2.36. The Bertz CT molecular complexity index is 921. The maximum absolute atomic E-state index is 11.4. The number of rotatable bonds is 12. The zero-order valence-electron chi connectivity index (χ0n) is 19.4. The van der Waals surface area contributed by atoms with Gasteiger partial charge in [0.05, 0.1) is 25.4 Å². The van der Waals surface area contributed by atoms with Crippen LogP contribution in [0, 0.1) is 0 Å². The summed E-state index contributed by atoms with van der Waals surface area (Å²) in [5, 5.41) is 21.0. The number of esters is 1. The van der Waals surface area contributed by atoms with E-state index in [2.05, 4.69) is 0 Å². The van der Waals surface area contributed by atoms with E-state index in [-0.39, 0.29) is 19.4 Å². The predicted molar refractivity (Wildman–Crippen MR) is 132 cm³/mol. The molecule has 0 saturated heterocycles. The number of ether oxygens (including phenoxy) is 2. The summed E-state index contributed by atoms with van der Waals surface area (Å²) < 4.78 is 11.4. The molecule has 3 aromatic carbocycles. The Labute approximate surface area is 201 Å². The number of hydrogen-bond acceptors (Lipinski definition) is 5. The highest BCUT2D eigenvalue weighted by Crippen LogP contribution is 2.40. The van der Waals surface area contributed by atoms with Gasteiger partial charge in [0.25, 0.3) is 0 Å². The Morgan fingerprint density at radius 1 is 0.824 bits per heavy atom. The van der Waals surface area contributed by atoms with Gasteiger partial charge in [-0.2, -0.15) is 0 Å². The maximum Gasteiger partial charge on any atom is 0.330 e. The average molecular weight is 461 g/mol. The minimum Gasteiger partial charge on any atom is -0.463 e. The van der Waals surface area contributed by atoms with Gasteiger partial charge in [0.1, 0.15) is 5.60 Å². The molecule has 2 atom stereocenters.